The molecule has 2 heterocycles. The Labute approximate surface area is 240 Å². The summed E-state index contributed by atoms with van der Waals surface area (Å²) >= 11 is 3.58. The summed E-state index contributed by atoms with van der Waals surface area (Å²) in [6.07, 6.45) is 0. The second-order valence-corrected chi connectivity index (χ2v) is 10.4. The third-order valence-corrected chi connectivity index (χ3v) is 7.64. The molecule has 1 aromatic heterocycles. The summed E-state index contributed by atoms with van der Waals surface area (Å²) in [6, 6.07) is 38.1. The lowest BCUT2D eigenvalue weighted by Crippen LogP contribution is -2.00. The Morgan fingerprint density at radius 3 is 1.50 bits per heavy atom. The molecular formula is C34H22BrN3O2. The molecule has 6 aromatic rings. The standard InChI is InChI=1S/C34H22BrN3O2/c1-21-18-29-31(20-27(21)35)40-30-19-26(16-17-28(30)39-29)22-12-14-25(15-13-22)34-37-32(23-8-4-2-5-9-23)36-33(38-34)24-10-6-3-7-11-24/h2-20H,1H3. The maximum atomic E-state index is 6.20. The topological polar surface area (TPSA) is 57.1 Å². The van der Waals surface area contributed by atoms with E-state index in [1.807, 2.05) is 110 Å². The molecule has 192 valence electrons. The van der Waals surface area contributed by atoms with Crippen LogP contribution < -0.4 is 9.47 Å². The van der Waals surface area contributed by atoms with E-state index in [4.69, 9.17) is 24.4 Å². The average Bonchev–Trinajstić information content (AvgIpc) is 3.01. The molecule has 6 heteroatoms. The molecule has 0 aliphatic carbocycles. The van der Waals surface area contributed by atoms with Crippen molar-refractivity contribution in [2.24, 2.45) is 0 Å². The second-order valence-electron chi connectivity index (χ2n) is 9.53. The van der Waals surface area contributed by atoms with Crippen LogP contribution in [0.5, 0.6) is 23.0 Å². The molecule has 7 rings (SSSR count). The first kappa shape index (κ1) is 24.2. The van der Waals surface area contributed by atoms with Crippen LogP contribution in [0.4, 0.5) is 0 Å². The van der Waals surface area contributed by atoms with Gasteiger partial charge in [0.2, 0.25) is 0 Å². The lowest BCUT2D eigenvalue weighted by atomic mass is 10.0. The van der Waals surface area contributed by atoms with Crippen LogP contribution in [0.25, 0.3) is 45.3 Å². The zero-order chi connectivity index (χ0) is 27.1. The van der Waals surface area contributed by atoms with Crippen LogP contribution in [0.2, 0.25) is 0 Å². The normalized spacial score (nSPS) is 11.7. The van der Waals surface area contributed by atoms with Gasteiger partial charge in [0.05, 0.1) is 0 Å². The number of fused-ring (bicyclic) bond motifs is 2. The van der Waals surface area contributed by atoms with E-state index in [-0.39, 0.29) is 0 Å². The number of hydrogen-bond donors (Lipinski definition) is 0. The average molecular weight is 584 g/mol. The number of aryl methyl sites for hydroxylation is 1. The highest BCUT2D eigenvalue weighted by Gasteiger charge is 2.21. The summed E-state index contributed by atoms with van der Waals surface area (Å²) in [4.78, 5) is 14.4. The largest absolute Gasteiger partial charge is 0.450 e. The molecule has 0 N–H and O–H groups in total. The van der Waals surface area contributed by atoms with Crippen molar-refractivity contribution < 1.29 is 9.47 Å². The van der Waals surface area contributed by atoms with E-state index in [1.165, 1.54) is 0 Å². The van der Waals surface area contributed by atoms with Gasteiger partial charge in [-0.2, -0.15) is 0 Å². The van der Waals surface area contributed by atoms with Gasteiger partial charge in [-0.15, -0.1) is 0 Å². The van der Waals surface area contributed by atoms with Crippen LogP contribution >= 0.6 is 15.9 Å². The Balaban J connectivity index is 1.22. The second kappa shape index (κ2) is 10.1. The lowest BCUT2D eigenvalue weighted by molar-refractivity contribution is 0.359. The zero-order valence-corrected chi connectivity index (χ0v) is 23.1. The van der Waals surface area contributed by atoms with E-state index in [2.05, 4.69) is 28.1 Å². The minimum atomic E-state index is 0.624. The third kappa shape index (κ3) is 4.63. The van der Waals surface area contributed by atoms with Crippen LogP contribution in [0.3, 0.4) is 0 Å². The fraction of sp³-hybridized carbons (Fsp3) is 0.0294. The van der Waals surface area contributed by atoms with E-state index in [0.29, 0.717) is 40.5 Å². The predicted molar refractivity (Wildman–Crippen MR) is 161 cm³/mol. The minimum Gasteiger partial charge on any atom is -0.450 e. The molecule has 0 unspecified atom stereocenters. The third-order valence-electron chi connectivity index (χ3n) is 6.78. The van der Waals surface area contributed by atoms with Gasteiger partial charge in [0, 0.05) is 21.2 Å². The summed E-state index contributed by atoms with van der Waals surface area (Å²) in [5, 5.41) is 0. The van der Waals surface area contributed by atoms with Gasteiger partial charge in [-0.1, -0.05) is 107 Å². The summed E-state index contributed by atoms with van der Waals surface area (Å²) in [5.74, 6) is 4.69. The van der Waals surface area contributed by atoms with Crippen LogP contribution in [0, 0.1) is 6.92 Å². The first-order chi connectivity index (χ1) is 19.6. The molecule has 0 fully saturated rings. The Hall–Kier alpha value is -4.81. The maximum Gasteiger partial charge on any atom is 0.171 e. The smallest absolute Gasteiger partial charge is 0.171 e. The molecule has 0 saturated heterocycles. The molecule has 0 saturated carbocycles. The Kier molecular flexibility index (Phi) is 6.10. The van der Waals surface area contributed by atoms with Gasteiger partial charge in [0.1, 0.15) is 0 Å². The molecule has 1 aliphatic heterocycles. The molecule has 0 bridgehead atoms. The molecule has 5 nitrogen and oxygen atoms in total. The fourth-order valence-corrected chi connectivity index (χ4v) is 4.96. The van der Waals surface area contributed by atoms with Crippen molar-refractivity contribution in [3.05, 3.63) is 125 Å². The monoisotopic (exact) mass is 583 g/mol. The van der Waals surface area contributed by atoms with Crippen molar-refractivity contribution in [1.29, 1.82) is 0 Å². The van der Waals surface area contributed by atoms with Gasteiger partial charge in [-0.25, -0.2) is 15.0 Å². The molecule has 1 aliphatic rings. The van der Waals surface area contributed by atoms with Gasteiger partial charge in [0.25, 0.3) is 0 Å². The highest BCUT2D eigenvalue weighted by Crippen LogP contribution is 2.48. The SMILES string of the molecule is Cc1cc2c(cc1Br)Oc1cc(-c3ccc(-c4nc(-c5ccccc5)nc(-c5ccccc5)n4)cc3)ccc1O2. The first-order valence-electron chi connectivity index (χ1n) is 12.9. The van der Waals surface area contributed by atoms with E-state index >= 15 is 0 Å². The first-order valence-corrected chi connectivity index (χ1v) is 13.7. The van der Waals surface area contributed by atoms with Gasteiger partial charge < -0.3 is 9.47 Å². The summed E-state index contributed by atoms with van der Waals surface area (Å²) < 4.78 is 13.3. The Morgan fingerprint density at radius 2 is 0.900 bits per heavy atom. The van der Waals surface area contributed by atoms with Crippen molar-refractivity contribution in [2.75, 3.05) is 0 Å². The predicted octanol–water partition coefficient (Wildman–Crippen LogP) is 9.51. The fourth-order valence-electron chi connectivity index (χ4n) is 4.63. The van der Waals surface area contributed by atoms with Gasteiger partial charge in [0.15, 0.2) is 40.5 Å². The molecule has 5 aromatic carbocycles. The number of hydrogen-bond acceptors (Lipinski definition) is 5. The Morgan fingerprint density at radius 1 is 0.450 bits per heavy atom. The van der Waals surface area contributed by atoms with Gasteiger partial charge in [-0.3, -0.25) is 0 Å². The van der Waals surface area contributed by atoms with Gasteiger partial charge >= 0.3 is 0 Å². The van der Waals surface area contributed by atoms with Crippen molar-refractivity contribution in [2.45, 2.75) is 6.92 Å². The molecule has 0 amide bonds. The number of nitrogens with zero attached hydrogens (tertiary/aromatic N) is 3. The van der Waals surface area contributed by atoms with Crippen molar-refractivity contribution in [1.82, 2.24) is 15.0 Å². The number of benzene rings is 5. The lowest BCUT2D eigenvalue weighted by Gasteiger charge is -2.22. The van der Waals surface area contributed by atoms with Crippen molar-refractivity contribution in [3.63, 3.8) is 0 Å². The van der Waals surface area contributed by atoms with Crippen LogP contribution in [0.1, 0.15) is 5.56 Å². The van der Waals surface area contributed by atoms with Crippen LogP contribution in [-0.4, -0.2) is 15.0 Å². The van der Waals surface area contributed by atoms with Crippen LogP contribution in [-0.2, 0) is 0 Å². The van der Waals surface area contributed by atoms with Crippen molar-refractivity contribution >= 4 is 15.9 Å². The summed E-state index contributed by atoms with van der Waals surface area (Å²) in [6.45, 7) is 2.03. The maximum absolute atomic E-state index is 6.20. The highest BCUT2D eigenvalue weighted by atomic mass is 79.9. The number of ether oxygens (including phenoxy) is 2. The summed E-state index contributed by atoms with van der Waals surface area (Å²) in [7, 11) is 0. The zero-order valence-electron chi connectivity index (χ0n) is 21.5. The van der Waals surface area contributed by atoms with E-state index < -0.39 is 0 Å². The van der Waals surface area contributed by atoms with E-state index in [1.54, 1.807) is 0 Å². The van der Waals surface area contributed by atoms with Crippen LogP contribution in [0.15, 0.2) is 120 Å². The van der Waals surface area contributed by atoms with Gasteiger partial charge in [-0.05, 0) is 47.9 Å². The molecule has 0 spiro atoms. The molecule has 0 atom stereocenters. The summed E-state index contributed by atoms with van der Waals surface area (Å²) in [5.41, 5.74) is 5.96. The quantitative estimate of drug-likeness (QED) is 0.206. The van der Waals surface area contributed by atoms with E-state index in [9.17, 15) is 0 Å². The highest BCUT2D eigenvalue weighted by molar-refractivity contribution is 9.10. The Bertz CT molecular complexity index is 1800. The number of aromatic nitrogens is 3. The molecule has 0 radical (unpaired) electrons. The molecule has 40 heavy (non-hydrogen) atoms. The molecular weight excluding hydrogens is 562 g/mol. The van der Waals surface area contributed by atoms with E-state index in [0.717, 1.165) is 37.9 Å². The minimum absolute atomic E-state index is 0.624. The number of halogens is 1. The van der Waals surface area contributed by atoms with Crippen molar-refractivity contribution in [3.8, 4) is 68.3 Å². The number of rotatable bonds is 4.